The third-order valence-corrected chi connectivity index (χ3v) is 8.66. The molecule has 0 atom stereocenters. The largest absolute Gasteiger partial charge is 0.256 e. The molecule has 2 aromatic rings. The number of aliphatic imine (C=N–C) groups is 2. The second kappa shape index (κ2) is 13.7. The average molecular weight is 549 g/mol. The molecule has 216 valence electrons. The molecule has 0 N–H and O–H groups in total. The van der Waals surface area contributed by atoms with Crippen LogP contribution in [0.1, 0.15) is 143 Å². The van der Waals surface area contributed by atoms with E-state index in [1.54, 1.807) is 0 Å². The third-order valence-electron chi connectivity index (χ3n) is 7.49. The lowest BCUT2D eigenvalue weighted by atomic mass is 9.89. The van der Waals surface area contributed by atoms with E-state index in [0.717, 1.165) is 20.9 Å². The van der Waals surface area contributed by atoms with Gasteiger partial charge in [0.1, 0.15) is 0 Å². The molecular weight excluding hydrogens is 491 g/mol. The standard InChI is InChI=1S/C36H57N2P/c1-23(2)27-17-15-18-28(24(3)4)33(27)37-31(35(9,10)11)21-39-22-32(36(12,13)14)38-34-29(25(5)6)19-16-20-30(34)26(7)8/h15-20,23-26,39H,21-22H2,1-14H3. The minimum Gasteiger partial charge on any atom is -0.256 e. The van der Waals surface area contributed by atoms with E-state index < -0.39 is 0 Å². The van der Waals surface area contributed by atoms with Crippen molar-refractivity contribution in [3.05, 3.63) is 58.7 Å². The summed E-state index contributed by atoms with van der Waals surface area (Å²) >= 11 is 0. The van der Waals surface area contributed by atoms with Crippen molar-refractivity contribution in [2.24, 2.45) is 20.8 Å². The zero-order valence-corrected chi connectivity index (χ0v) is 28.6. The van der Waals surface area contributed by atoms with Crippen LogP contribution in [-0.4, -0.2) is 23.7 Å². The van der Waals surface area contributed by atoms with Crippen LogP contribution in [0, 0.1) is 10.8 Å². The number of nitrogens with zero attached hydrogens (tertiary/aromatic N) is 2. The van der Waals surface area contributed by atoms with Crippen LogP contribution in [0.4, 0.5) is 11.4 Å². The van der Waals surface area contributed by atoms with Crippen LogP contribution in [0.15, 0.2) is 46.4 Å². The smallest absolute Gasteiger partial charge is 0.0698 e. The Morgan fingerprint density at radius 2 is 0.795 bits per heavy atom. The molecule has 0 bridgehead atoms. The van der Waals surface area contributed by atoms with Crippen molar-refractivity contribution in [1.82, 2.24) is 0 Å². The maximum atomic E-state index is 5.47. The van der Waals surface area contributed by atoms with E-state index in [-0.39, 0.29) is 10.8 Å². The van der Waals surface area contributed by atoms with Crippen molar-refractivity contribution >= 4 is 31.4 Å². The fourth-order valence-corrected chi connectivity index (χ4v) is 6.61. The molecule has 0 radical (unpaired) electrons. The van der Waals surface area contributed by atoms with E-state index in [4.69, 9.17) is 9.98 Å². The van der Waals surface area contributed by atoms with Gasteiger partial charge in [-0.2, -0.15) is 0 Å². The van der Waals surface area contributed by atoms with Gasteiger partial charge in [0, 0.05) is 34.6 Å². The van der Waals surface area contributed by atoms with Crippen LogP contribution in [0.3, 0.4) is 0 Å². The minimum atomic E-state index is 0.0133. The Morgan fingerprint density at radius 1 is 0.538 bits per heavy atom. The fraction of sp³-hybridized carbons (Fsp3) is 0.611. The van der Waals surface area contributed by atoms with Gasteiger partial charge in [-0.15, -0.1) is 8.58 Å². The van der Waals surface area contributed by atoms with Crippen molar-refractivity contribution in [3.8, 4) is 0 Å². The summed E-state index contributed by atoms with van der Waals surface area (Å²) in [7, 11) is 0.747. The van der Waals surface area contributed by atoms with Gasteiger partial charge >= 0.3 is 0 Å². The number of hydrogen-bond acceptors (Lipinski definition) is 2. The van der Waals surface area contributed by atoms with Crippen molar-refractivity contribution in [2.45, 2.75) is 121 Å². The summed E-state index contributed by atoms with van der Waals surface area (Å²) in [5, 5.41) is 0. The topological polar surface area (TPSA) is 24.7 Å². The maximum absolute atomic E-state index is 5.47. The van der Waals surface area contributed by atoms with E-state index in [1.165, 1.54) is 45.1 Å². The van der Waals surface area contributed by atoms with Crippen LogP contribution in [-0.2, 0) is 0 Å². The molecule has 0 fully saturated rings. The molecule has 0 aromatic heterocycles. The average Bonchev–Trinajstić information content (AvgIpc) is 2.80. The Kier molecular flexibility index (Phi) is 11.8. The maximum Gasteiger partial charge on any atom is 0.0698 e. The highest BCUT2D eigenvalue weighted by molar-refractivity contribution is 7.40. The molecule has 0 saturated heterocycles. The van der Waals surface area contributed by atoms with Crippen molar-refractivity contribution in [2.75, 3.05) is 12.3 Å². The summed E-state index contributed by atoms with van der Waals surface area (Å²) in [5.74, 6) is 1.78. The quantitative estimate of drug-likeness (QED) is 0.208. The molecule has 2 nitrogen and oxygen atoms in total. The first-order chi connectivity index (χ1) is 17.9. The highest BCUT2D eigenvalue weighted by Gasteiger charge is 2.25. The molecule has 0 heterocycles. The molecule has 3 heteroatoms. The summed E-state index contributed by atoms with van der Waals surface area (Å²) in [6.45, 7) is 32.1. The van der Waals surface area contributed by atoms with Crippen molar-refractivity contribution in [3.63, 3.8) is 0 Å². The summed E-state index contributed by atoms with van der Waals surface area (Å²) in [6, 6.07) is 13.5. The molecular formula is C36H57N2P. The molecule has 0 saturated carbocycles. The normalized spacial score (nSPS) is 14.2. The lowest BCUT2D eigenvalue weighted by Crippen LogP contribution is -2.25. The van der Waals surface area contributed by atoms with Crippen LogP contribution in [0.25, 0.3) is 0 Å². The first kappa shape index (κ1) is 33.4. The predicted molar refractivity (Wildman–Crippen MR) is 180 cm³/mol. The summed E-state index contributed by atoms with van der Waals surface area (Å²) in [6.07, 6.45) is 2.01. The van der Waals surface area contributed by atoms with Crippen molar-refractivity contribution < 1.29 is 0 Å². The predicted octanol–water partition coefficient (Wildman–Crippen LogP) is 11.8. The van der Waals surface area contributed by atoms with E-state index in [2.05, 4.69) is 133 Å². The van der Waals surface area contributed by atoms with Gasteiger partial charge in [-0.3, -0.25) is 9.98 Å². The molecule has 0 aliphatic carbocycles. The molecule has 2 rings (SSSR count). The molecule has 0 aliphatic heterocycles. The fourth-order valence-electron chi connectivity index (χ4n) is 4.80. The van der Waals surface area contributed by atoms with Gasteiger partial charge in [-0.25, -0.2) is 0 Å². The Morgan fingerprint density at radius 3 is 1.00 bits per heavy atom. The summed E-state index contributed by atoms with van der Waals surface area (Å²) in [4.78, 5) is 10.9. The first-order valence-corrected chi connectivity index (χ1v) is 16.5. The van der Waals surface area contributed by atoms with Gasteiger partial charge in [-0.1, -0.05) is 133 Å². The van der Waals surface area contributed by atoms with Crippen LogP contribution >= 0.6 is 8.58 Å². The second-order valence-electron chi connectivity index (χ2n) is 14.4. The molecule has 39 heavy (non-hydrogen) atoms. The number of para-hydroxylation sites is 2. The number of benzene rings is 2. The Labute approximate surface area is 243 Å². The van der Waals surface area contributed by atoms with E-state index in [1.807, 2.05) is 0 Å². The van der Waals surface area contributed by atoms with Gasteiger partial charge in [0.2, 0.25) is 0 Å². The minimum absolute atomic E-state index is 0.0133. The lowest BCUT2D eigenvalue weighted by molar-refractivity contribution is 0.587. The van der Waals surface area contributed by atoms with Gasteiger partial charge in [0.15, 0.2) is 0 Å². The number of rotatable bonds is 10. The Balaban J connectivity index is 2.52. The van der Waals surface area contributed by atoms with Gasteiger partial charge < -0.3 is 0 Å². The Bertz CT molecular complexity index is 1010. The third kappa shape index (κ3) is 9.11. The highest BCUT2D eigenvalue weighted by atomic mass is 31.1. The van der Waals surface area contributed by atoms with Crippen LogP contribution in [0.5, 0.6) is 0 Å². The van der Waals surface area contributed by atoms with Gasteiger partial charge in [0.25, 0.3) is 0 Å². The zero-order valence-electron chi connectivity index (χ0n) is 27.6. The SMILES string of the molecule is CC(C)c1cccc(C(C)C)c1N=C(CPCC(=Nc1c(C(C)C)cccc1C(C)C)C(C)(C)C)C(C)(C)C. The molecule has 2 aromatic carbocycles. The van der Waals surface area contributed by atoms with Crippen LogP contribution < -0.4 is 0 Å². The monoisotopic (exact) mass is 548 g/mol. The zero-order chi connectivity index (χ0) is 29.7. The molecule has 0 aliphatic rings. The summed E-state index contributed by atoms with van der Waals surface area (Å²) < 4.78 is 0. The van der Waals surface area contributed by atoms with Crippen LogP contribution in [0.2, 0.25) is 0 Å². The highest BCUT2D eigenvalue weighted by Crippen LogP contribution is 2.39. The lowest BCUT2D eigenvalue weighted by Gasteiger charge is -2.26. The summed E-state index contributed by atoms with van der Waals surface area (Å²) in [5.41, 5.74) is 10.5. The Hall–Kier alpha value is -1.79. The second-order valence-corrected chi connectivity index (χ2v) is 15.6. The molecule has 0 spiro atoms. The van der Waals surface area contributed by atoms with E-state index in [0.29, 0.717) is 23.7 Å². The van der Waals surface area contributed by atoms with E-state index in [9.17, 15) is 0 Å². The van der Waals surface area contributed by atoms with Gasteiger partial charge in [0.05, 0.1) is 11.4 Å². The van der Waals surface area contributed by atoms with Crippen molar-refractivity contribution in [1.29, 1.82) is 0 Å². The van der Waals surface area contributed by atoms with Gasteiger partial charge in [-0.05, 0) is 45.9 Å². The molecule has 0 amide bonds. The van der Waals surface area contributed by atoms with E-state index >= 15 is 0 Å². The first-order valence-electron chi connectivity index (χ1n) is 15.1. The number of hydrogen-bond donors (Lipinski definition) is 0. The molecule has 0 unspecified atom stereocenters.